The summed E-state index contributed by atoms with van der Waals surface area (Å²) in [5.74, 6) is -0.101. The zero-order chi connectivity index (χ0) is 18.4. The molecule has 134 valence electrons. The summed E-state index contributed by atoms with van der Waals surface area (Å²) >= 11 is 3.36. The van der Waals surface area contributed by atoms with Crippen LogP contribution in [0.4, 0.5) is 10.1 Å². The van der Waals surface area contributed by atoms with E-state index in [0.717, 1.165) is 10.2 Å². The number of anilines is 1. The zero-order valence-corrected chi connectivity index (χ0v) is 15.2. The number of halogens is 2. The highest BCUT2D eigenvalue weighted by Crippen LogP contribution is 2.19. The summed E-state index contributed by atoms with van der Waals surface area (Å²) in [6, 6.07) is 11.7. The predicted octanol–water partition coefficient (Wildman–Crippen LogP) is 3.36. The molecular formula is C17H15BrFN5O2. The van der Waals surface area contributed by atoms with Crippen molar-refractivity contribution in [1.82, 2.24) is 20.2 Å². The first-order valence-electron chi connectivity index (χ1n) is 7.83. The molecule has 1 heterocycles. The SMILES string of the molecule is O=C(CCCOc1cccc(Br)c1)Nc1cc(-n2cnnn2)ccc1F. The molecule has 7 nitrogen and oxygen atoms in total. The average molecular weight is 420 g/mol. The summed E-state index contributed by atoms with van der Waals surface area (Å²) in [6.45, 7) is 0.386. The molecule has 0 fully saturated rings. The van der Waals surface area contributed by atoms with Crippen molar-refractivity contribution >= 4 is 27.5 Å². The lowest BCUT2D eigenvalue weighted by atomic mass is 10.2. The van der Waals surface area contributed by atoms with Gasteiger partial charge >= 0.3 is 0 Å². The monoisotopic (exact) mass is 419 g/mol. The highest BCUT2D eigenvalue weighted by molar-refractivity contribution is 9.10. The molecule has 0 saturated carbocycles. The topological polar surface area (TPSA) is 81.9 Å². The Labute approximate surface area is 157 Å². The smallest absolute Gasteiger partial charge is 0.224 e. The van der Waals surface area contributed by atoms with E-state index >= 15 is 0 Å². The van der Waals surface area contributed by atoms with Crippen molar-refractivity contribution in [2.75, 3.05) is 11.9 Å². The van der Waals surface area contributed by atoms with Gasteiger partial charge in [-0.05, 0) is 53.2 Å². The molecule has 3 aromatic rings. The second kappa shape index (κ2) is 8.52. The Kier molecular flexibility index (Phi) is 5.90. The van der Waals surface area contributed by atoms with Crippen LogP contribution in [0.15, 0.2) is 53.3 Å². The van der Waals surface area contributed by atoms with Crippen LogP contribution in [0, 0.1) is 5.82 Å². The summed E-state index contributed by atoms with van der Waals surface area (Å²) in [5.41, 5.74) is 0.626. The summed E-state index contributed by atoms with van der Waals surface area (Å²) in [5, 5.41) is 13.3. The van der Waals surface area contributed by atoms with Crippen LogP contribution in [-0.4, -0.2) is 32.7 Å². The van der Waals surface area contributed by atoms with Crippen LogP contribution in [0.5, 0.6) is 5.75 Å². The Bertz CT molecular complexity index is 889. The van der Waals surface area contributed by atoms with Gasteiger partial charge in [0.05, 0.1) is 18.0 Å². The van der Waals surface area contributed by atoms with E-state index in [1.165, 1.54) is 29.2 Å². The van der Waals surface area contributed by atoms with Gasteiger partial charge in [0.25, 0.3) is 0 Å². The van der Waals surface area contributed by atoms with E-state index in [-0.39, 0.29) is 18.0 Å². The van der Waals surface area contributed by atoms with Crippen molar-refractivity contribution in [3.63, 3.8) is 0 Å². The fourth-order valence-corrected chi connectivity index (χ4v) is 2.60. The Morgan fingerprint density at radius 2 is 2.15 bits per heavy atom. The third-order valence-electron chi connectivity index (χ3n) is 3.45. The van der Waals surface area contributed by atoms with Crippen molar-refractivity contribution < 1.29 is 13.9 Å². The number of nitrogens with one attached hydrogen (secondary N) is 1. The van der Waals surface area contributed by atoms with Crippen LogP contribution in [0.2, 0.25) is 0 Å². The third kappa shape index (κ3) is 4.85. The molecule has 26 heavy (non-hydrogen) atoms. The zero-order valence-electron chi connectivity index (χ0n) is 13.6. The number of carbonyl (C=O) groups excluding carboxylic acids is 1. The highest BCUT2D eigenvalue weighted by Gasteiger charge is 2.09. The quantitative estimate of drug-likeness (QED) is 0.593. The molecule has 1 aromatic heterocycles. The van der Waals surface area contributed by atoms with Crippen LogP contribution in [0.3, 0.4) is 0 Å². The molecule has 0 radical (unpaired) electrons. The fourth-order valence-electron chi connectivity index (χ4n) is 2.22. The van der Waals surface area contributed by atoms with Gasteiger partial charge in [0.2, 0.25) is 5.91 Å². The third-order valence-corrected chi connectivity index (χ3v) is 3.94. The van der Waals surface area contributed by atoms with Crippen molar-refractivity contribution in [3.05, 3.63) is 59.1 Å². The largest absolute Gasteiger partial charge is 0.494 e. The minimum atomic E-state index is -0.527. The average Bonchev–Trinajstić information content (AvgIpc) is 3.15. The Morgan fingerprint density at radius 3 is 2.92 bits per heavy atom. The van der Waals surface area contributed by atoms with Gasteiger partial charge in [-0.2, -0.15) is 0 Å². The summed E-state index contributed by atoms with van der Waals surface area (Å²) in [7, 11) is 0. The standard InChI is InChI=1S/C17H15BrFN5O2/c18-12-3-1-4-14(9-12)26-8-2-5-17(25)21-16-10-13(6-7-15(16)19)24-11-20-22-23-24/h1,3-4,6-7,9-11H,2,5,8H2,(H,21,25). The molecule has 0 atom stereocenters. The maximum Gasteiger partial charge on any atom is 0.224 e. The van der Waals surface area contributed by atoms with Gasteiger partial charge in [-0.25, -0.2) is 9.07 Å². The number of carbonyl (C=O) groups is 1. The Balaban J connectivity index is 1.51. The molecule has 0 spiro atoms. The minimum absolute atomic E-state index is 0.0795. The number of hydrogen-bond acceptors (Lipinski definition) is 5. The normalized spacial score (nSPS) is 10.5. The van der Waals surface area contributed by atoms with Gasteiger partial charge in [-0.15, -0.1) is 5.10 Å². The second-order valence-electron chi connectivity index (χ2n) is 5.38. The van der Waals surface area contributed by atoms with Gasteiger partial charge < -0.3 is 10.1 Å². The van der Waals surface area contributed by atoms with E-state index in [9.17, 15) is 9.18 Å². The molecule has 3 rings (SSSR count). The van der Waals surface area contributed by atoms with E-state index in [2.05, 4.69) is 36.8 Å². The summed E-state index contributed by atoms with van der Waals surface area (Å²) < 4.78 is 21.8. The Hall–Kier alpha value is -2.81. The fraction of sp³-hybridized carbons (Fsp3) is 0.176. The lowest BCUT2D eigenvalue weighted by Crippen LogP contribution is -2.14. The molecule has 9 heteroatoms. The number of benzene rings is 2. The molecule has 0 aliphatic heterocycles. The van der Waals surface area contributed by atoms with E-state index in [4.69, 9.17) is 4.74 Å². The van der Waals surface area contributed by atoms with Crippen LogP contribution < -0.4 is 10.1 Å². The van der Waals surface area contributed by atoms with Gasteiger partial charge in [0.15, 0.2) is 0 Å². The molecule has 0 saturated heterocycles. The lowest BCUT2D eigenvalue weighted by molar-refractivity contribution is -0.116. The maximum absolute atomic E-state index is 13.9. The summed E-state index contributed by atoms with van der Waals surface area (Å²) in [4.78, 5) is 12.0. The van der Waals surface area contributed by atoms with E-state index in [0.29, 0.717) is 18.7 Å². The summed E-state index contributed by atoms with van der Waals surface area (Å²) in [6.07, 6.45) is 2.10. The number of amides is 1. The molecule has 0 unspecified atom stereocenters. The number of hydrogen-bond donors (Lipinski definition) is 1. The molecule has 2 aromatic carbocycles. The maximum atomic E-state index is 13.9. The molecule has 0 aliphatic rings. The number of rotatable bonds is 7. The van der Waals surface area contributed by atoms with E-state index in [1.54, 1.807) is 0 Å². The predicted molar refractivity (Wildman–Crippen MR) is 96.6 cm³/mol. The number of ether oxygens (including phenoxy) is 1. The van der Waals surface area contributed by atoms with Crippen molar-refractivity contribution in [2.24, 2.45) is 0 Å². The van der Waals surface area contributed by atoms with Crippen molar-refractivity contribution in [2.45, 2.75) is 12.8 Å². The van der Waals surface area contributed by atoms with Gasteiger partial charge in [0, 0.05) is 10.9 Å². The number of aromatic nitrogens is 4. The molecule has 1 N–H and O–H groups in total. The highest BCUT2D eigenvalue weighted by atomic mass is 79.9. The Morgan fingerprint density at radius 1 is 1.27 bits per heavy atom. The van der Waals surface area contributed by atoms with E-state index in [1.807, 2.05) is 24.3 Å². The number of nitrogens with zero attached hydrogens (tertiary/aromatic N) is 4. The van der Waals surface area contributed by atoms with Crippen LogP contribution in [0.25, 0.3) is 5.69 Å². The lowest BCUT2D eigenvalue weighted by Gasteiger charge is -2.09. The first-order valence-corrected chi connectivity index (χ1v) is 8.62. The minimum Gasteiger partial charge on any atom is -0.494 e. The van der Waals surface area contributed by atoms with Crippen LogP contribution in [0.1, 0.15) is 12.8 Å². The first kappa shape index (κ1) is 18.0. The second-order valence-corrected chi connectivity index (χ2v) is 6.29. The van der Waals surface area contributed by atoms with Gasteiger partial charge in [-0.1, -0.05) is 22.0 Å². The molecule has 1 amide bonds. The molecule has 0 bridgehead atoms. The van der Waals surface area contributed by atoms with E-state index < -0.39 is 5.82 Å². The van der Waals surface area contributed by atoms with Crippen LogP contribution in [-0.2, 0) is 4.79 Å². The van der Waals surface area contributed by atoms with Gasteiger partial charge in [0.1, 0.15) is 17.9 Å². The van der Waals surface area contributed by atoms with Crippen LogP contribution >= 0.6 is 15.9 Å². The number of tetrazole rings is 1. The van der Waals surface area contributed by atoms with Gasteiger partial charge in [-0.3, -0.25) is 4.79 Å². The molecular weight excluding hydrogens is 405 g/mol. The molecule has 0 aliphatic carbocycles. The van der Waals surface area contributed by atoms with Crippen molar-refractivity contribution in [3.8, 4) is 11.4 Å². The van der Waals surface area contributed by atoms with Crippen molar-refractivity contribution in [1.29, 1.82) is 0 Å². The first-order chi connectivity index (χ1) is 12.6.